The third-order valence-electron chi connectivity index (χ3n) is 4.92. The van der Waals surface area contributed by atoms with Crippen molar-refractivity contribution in [1.29, 1.82) is 0 Å². The normalized spacial score (nSPS) is 18.9. The molecule has 7 heteroatoms. The fourth-order valence-electron chi connectivity index (χ4n) is 3.29. The Morgan fingerprint density at radius 1 is 1.20 bits per heavy atom. The van der Waals surface area contributed by atoms with Crippen LogP contribution in [0.4, 0.5) is 5.82 Å². The predicted octanol–water partition coefficient (Wildman–Crippen LogP) is 0.793. The zero-order valence-electron chi connectivity index (χ0n) is 14.7. The molecule has 2 saturated heterocycles. The maximum atomic E-state index is 12.3. The van der Waals surface area contributed by atoms with Gasteiger partial charge in [-0.3, -0.25) is 9.59 Å². The first-order valence-corrected chi connectivity index (χ1v) is 8.94. The summed E-state index contributed by atoms with van der Waals surface area (Å²) in [7, 11) is 0. The molecule has 3 heterocycles. The summed E-state index contributed by atoms with van der Waals surface area (Å²) in [5.41, 5.74) is 0.992. The number of piperidine rings is 1. The number of aromatic nitrogens is 1. The molecule has 136 valence electrons. The lowest BCUT2D eigenvalue weighted by Gasteiger charge is -2.30. The minimum atomic E-state index is -0.00353. The average Bonchev–Trinajstić information content (AvgIpc) is 2.67. The van der Waals surface area contributed by atoms with Crippen molar-refractivity contribution < 1.29 is 14.3 Å². The van der Waals surface area contributed by atoms with Crippen LogP contribution in [0, 0.1) is 5.92 Å². The topological polar surface area (TPSA) is 74.8 Å². The molecule has 25 heavy (non-hydrogen) atoms. The summed E-state index contributed by atoms with van der Waals surface area (Å²) in [5, 5.41) is 3.00. The summed E-state index contributed by atoms with van der Waals surface area (Å²) >= 11 is 0. The lowest BCUT2D eigenvalue weighted by molar-refractivity contribution is -0.134. The van der Waals surface area contributed by atoms with E-state index >= 15 is 0 Å². The van der Waals surface area contributed by atoms with Crippen molar-refractivity contribution in [2.45, 2.75) is 26.3 Å². The molecular weight excluding hydrogens is 320 g/mol. The first-order chi connectivity index (χ1) is 12.1. The Labute approximate surface area is 148 Å². The van der Waals surface area contributed by atoms with Crippen LogP contribution in [0.2, 0.25) is 0 Å². The van der Waals surface area contributed by atoms with Crippen molar-refractivity contribution in [2.75, 3.05) is 44.3 Å². The summed E-state index contributed by atoms with van der Waals surface area (Å²) in [6, 6.07) is 4.01. The number of pyridine rings is 1. The van der Waals surface area contributed by atoms with Crippen LogP contribution in [0.3, 0.4) is 0 Å². The number of hydrogen-bond donors (Lipinski definition) is 1. The van der Waals surface area contributed by atoms with E-state index in [1.807, 2.05) is 18.3 Å². The van der Waals surface area contributed by atoms with Gasteiger partial charge in [0, 0.05) is 51.8 Å². The van der Waals surface area contributed by atoms with Gasteiger partial charge in [-0.15, -0.1) is 0 Å². The van der Waals surface area contributed by atoms with E-state index in [-0.39, 0.29) is 17.7 Å². The molecule has 1 aromatic rings. The highest BCUT2D eigenvalue weighted by Gasteiger charge is 2.25. The fourth-order valence-corrected chi connectivity index (χ4v) is 3.29. The lowest BCUT2D eigenvalue weighted by Crippen LogP contribution is -2.42. The number of hydrogen-bond acceptors (Lipinski definition) is 5. The Bertz CT molecular complexity index is 591. The van der Waals surface area contributed by atoms with Crippen LogP contribution in [0.15, 0.2) is 18.3 Å². The second-order valence-corrected chi connectivity index (χ2v) is 6.62. The number of ether oxygens (including phenoxy) is 1. The Morgan fingerprint density at radius 2 is 1.92 bits per heavy atom. The van der Waals surface area contributed by atoms with E-state index in [1.165, 1.54) is 0 Å². The van der Waals surface area contributed by atoms with Crippen molar-refractivity contribution in [1.82, 2.24) is 15.2 Å². The van der Waals surface area contributed by atoms with Gasteiger partial charge in [0.2, 0.25) is 11.8 Å². The van der Waals surface area contributed by atoms with Gasteiger partial charge in [0.1, 0.15) is 5.82 Å². The van der Waals surface area contributed by atoms with Crippen LogP contribution in [0.5, 0.6) is 0 Å². The van der Waals surface area contributed by atoms with Crippen molar-refractivity contribution in [3.8, 4) is 0 Å². The minimum Gasteiger partial charge on any atom is -0.378 e. The van der Waals surface area contributed by atoms with E-state index in [4.69, 9.17) is 4.74 Å². The Morgan fingerprint density at radius 3 is 2.52 bits per heavy atom. The van der Waals surface area contributed by atoms with Gasteiger partial charge in [0.25, 0.3) is 0 Å². The molecule has 2 fully saturated rings. The lowest BCUT2D eigenvalue weighted by atomic mass is 9.96. The maximum Gasteiger partial charge on any atom is 0.223 e. The Hall–Kier alpha value is -2.15. The van der Waals surface area contributed by atoms with Gasteiger partial charge >= 0.3 is 0 Å². The molecular formula is C18H26N4O3. The molecule has 2 aliphatic heterocycles. The Balaban J connectivity index is 1.45. The Kier molecular flexibility index (Phi) is 5.86. The number of carbonyl (C=O) groups excluding carboxylic acids is 2. The SMILES string of the molecule is CC(=O)N1CCC(C(=O)NCc2ccc(N3CCOCC3)nc2)CC1. The number of anilines is 1. The summed E-state index contributed by atoms with van der Waals surface area (Å²) < 4.78 is 5.35. The van der Waals surface area contributed by atoms with Gasteiger partial charge in [-0.2, -0.15) is 0 Å². The van der Waals surface area contributed by atoms with Crippen LogP contribution in [-0.4, -0.2) is 61.1 Å². The van der Waals surface area contributed by atoms with Gasteiger partial charge in [-0.1, -0.05) is 6.07 Å². The monoisotopic (exact) mass is 346 g/mol. The van der Waals surface area contributed by atoms with E-state index in [1.54, 1.807) is 11.8 Å². The molecule has 0 spiro atoms. The number of morpholine rings is 1. The van der Waals surface area contributed by atoms with Gasteiger partial charge in [0.15, 0.2) is 0 Å². The number of likely N-dealkylation sites (tertiary alicyclic amines) is 1. The quantitative estimate of drug-likeness (QED) is 0.873. The van der Waals surface area contributed by atoms with Gasteiger partial charge in [-0.05, 0) is 24.5 Å². The molecule has 1 aromatic heterocycles. The largest absolute Gasteiger partial charge is 0.378 e. The summed E-state index contributed by atoms with van der Waals surface area (Å²) in [4.78, 5) is 32.1. The highest BCUT2D eigenvalue weighted by molar-refractivity contribution is 5.79. The molecule has 2 aliphatic rings. The molecule has 0 radical (unpaired) electrons. The van der Waals surface area contributed by atoms with E-state index in [2.05, 4.69) is 15.2 Å². The van der Waals surface area contributed by atoms with Crippen molar-refractivity contribution in [3.63, 3.8) is 0 Å². The smallest absolute Gasteiger partial charge is 0.223 e. The molecule has 0 aromatic carbocycles. The molecule has 3 rings (SSSR count). The van der Waals surface area contributed by atoms with Crippen molar-refractivity contribution in [2.24, 2.45) is 5.92 Å². The predicted molar refractivity (Wildman–Crippen MR) is 94.1 cm³/mol. The maximum absolute atomic E-state index is 12.3. The third-order valence-corrected chi connectivity index (χ3v) is 4.92. The first kappa shape index (κ1) is 17.7. The van der Waals surface area contributed by atoms with Gasteiger partial charge in [-0.25, -0.2) is 4.98 Å². The molecule has 1 N–H and O–H groups in total. The van der Waals surface area contributed by atoms with Crippen LogP contribution in [0.25, 0.3) is 0 Å². The van der Waals surface area contributed by atoms with E-state index in [0.717, 1.165) is 50.5 Å². The number of nitrogens with zero attached hydrogens (tertiary/aromatic N) is 3. The molecule has 0 aliphatic carbocycles. The summed E-state index contributed by atoms with van der Waals surface area (Å²) in [5.74, 6) is 1.11. The van der Waals surface area contributed by atoms with E-state index in [0.29, 0.717) is 19.6 Å². The molecule has 7 nitrogen and oxygen atoms in total. The van der Waals surface area contributed by atoms with Crippen LogP contribution < -0.4 is 10.2 Å². The zero-order chi connectivity index (χ0) is 17.6. The third kappa shape index (κ3) is 4.69. The van der Waals surface area contributed by atoms with Crippen LogP contribution in [-0.2, 0) is 20.9 Å². The standard InChI is InChI=1S/C18H26N4O3/c1-14(23)21-6-4-16(5-7-21)18(24)20-13-15-2-3-17(19-12-15)22-8-10-25-11-9-22/h2-3,12,16H,4-11,13H2,1H3,(H,20,24). The minimum absolute atomic E-state index is 0.00353. The van der Waals surface area contributed by atoms with Crippen molar-refractivity contribution in [3.05, 3.63) is 23.9 Å². The first-order valence-electron chi connectivity index (χ1n) is 8.94. The van der Waals surface area contributed by atoms with Crippen LogP contribution in [0.1, 0.15) is 25.3 Å². The second kappa shape index (κ2) is 8.29. The number of rotatable bonds is 4. The van der Waals surface area contributed by atoms with Crippen molar-refractivity contribution >= 4 is 17.6 Å². The van der Waals surface area contributed by atoms with E-state index in [9.17, 15) is 9.59 Å². The second-order valence-electron chi connectivity index (χ2n) is 6.62. The number of amides is 2. The average molecular weight is 346 g/mol. The molecule has 0 atom stereocenters. The van der Waals surface area contributed by atoms with Crippen LogP contribution >= 0.6 is 0 Å². The fraction of sp³-hybridized carbons (Fsp3) is 0.611. The highest BCUT2D eigenvalue weighted by atomic mass is 16.5. The summed E-state index contributed by atoms with van der Waals surface area (Å²) in [6.45, 7) is 6.61. The summed E-state index contributed by atoms with van der Waals surface area (Å²) in [6.07, 6.45) is 3.29. The highest BCUT2D eigenvalue weighted by Crippen LogP contribution is 2.18. The molecule has 0 saturated carbocycles. The zero-order valence-corrected chi connectivity index (χ0v) is 14.7. The number of carbonyl (C=O) groups is 2. The van der Waals surface area contributed by atoms with Gasteiger partial charge < -0.3 is 19.9 Å². The molecule has 0 unspecified atom stereocenters. The van der Waals surface area contributed by atoms with E-state index < -0.39 is 0 Å². The van der Waals surface area contributed by atoms with Gasteiger partial charge in [0.05, 0.1) is 13.2 Å². The number of nitrogens with one attached hydrogen (secondary N) is 1. The molecule has 0 bridgehead atoms. The molecule has 2 amide bonds.